The van der Waals surface area contributed by atoms with Gasteiger partial charge in [-0.3, -0.25) is 4.79 Å². The van der Waals surface area contributed by atoms with E-state index >= 15 is 0 Å². The topological polar surface area (TPSA) is 72.8 Å². The number of hydrogen-bond donors (Lipinski definition) is 1. The number of nitrogens with one attached hydrogen (secondary N) is 1. The molecule has 0 atom stereocenters. The van der Waals surface area contributed by atoms with Crippen molar-refractivity contribution in [3.05, 3.63) is 62.0 Å². The van der Waals surface area contributed by atoms with Crippen molar-refractivity contribution in [2.75, 3.05) is 19.6 Å². The summed E-state index contributed by atoms with van der Waals surface area (Å²) >= 11 is 6.12. The molecule has 0 amide bonds. The van der Waals surface area contributed by atoms with Gasteiger partial charge in [0, 0.05) is 19.2 Å². The van der Waals surface area contributed by atoms with E-state index < -0.39 is 0 Å². The van der Waals surface area contributed by atoms with E-state index in [0.717, 1.165) is 42.9 Å². The summed E-state index contributed by atoms with van der Waals surface area (Å²) in [5, 5.41) is 16.1. The molecule has 1 aliphatic heterocycles. The molecule has 1 aliphatic carbocycles. The molecule has 2 aliphatic rings. The second kappa shape index (κ2) is 7.69. The molecule has 1 saturated heterocycles. The first kappa shape index (κ1) is 19.2. The molecule has 0 radical (unpaired) electrons. The van der Waals surface area contributed by atoms with Crippen LogP contribution in [0.4, 0.5) is 0 Å². The molecular formula is C22H25ClN4O. The molecule has 2 heterocycles. The Labute approximate surface area is 170 Å². The lowest BCUT2D eigenvalue weighted by molar-refractivity contribution is -0.0937. The van der Waals surface area contributed by atoms with Gasteiger partial charge in [-0.05, 0) is 79.7 Å². The van der Waals surface area contributed by atoms with Gasteiger partial charge in [0.05, 0.1) is 16.8 Å². The lowest BCUT2D eigenvalue weighted by Gasteiger charge is -2.59. The number of aromatic amines is 1. The van der Waals surface area contributed by atoms with Gasteiger partial charge in [0.1, 0.15) is 6.07 Å². The maximum absolute atomic E-state index is 11.3. The Hall–Kier alpha value is -2.16. The number of nitriles is 1. The fourth-order valence-electron chi connectivity index (χ4n) is 5.08. The minimum Gasteiger partial charge on any atom is -0.302 e. The Kier molecular flexibility index (Phi) is 5.27. The molecule has 1 aromatic carbocycles. The third-order valence-electron chi connectivity index (χ3n) is 6.37. The third-order valence-corrected chi connectivity index (χ3v) is 6.68. The Morgan fingerprint density at radius 3 is 2.89 bits per heavy atom. The zero-order chi connectivity index (χ0) is 19.7. The van der Waals surface area contributed by atoms with Gasteiger partial charge in [0.15, 0.2) is 0 Å². The first-order chi connectivity index (χ1) is 13.5. The van der Waals surface area contributed by atoms with Crippen LogP contribution in [0.3, 0.4) is 0 Å². The minimum absolute atomic E-state index is 0.126. The van der Waals surface area contributed by atoms with E-state index in [4.69, 9.17) is 11.6 Å². The van der Waals surface area contributed by atoms with E-state index in [0.29, 0.717) is 16.0 Å². The van der Waals surface area contributed by atoms with E-state index in [1.165, 1.54) is 31.5 Å². The molecule has 0 unspecified atom stereocenters. The van der Waals surface area contributed by atoms with Gasteiger partial charge < -0.3 is 4.90 Å². The highest BCUT2D eigenvalue weighted by Crippen LogP contribution is 2.53. The van der Waals surface area contributed by atoms with E-state index in [-0.39, 0.29) is 5.56 Å². The summed E-state index contributed by atoms with van der Waals surface area (Å²) in [5.41, 5.74) is 4.34. The predicted molar refractivity (Wildman–Crippen MR) is 109 cm³/mol. The zero-order valence-corrected chi connectivity index (χ0v) is 16.9. The average Bonchev–Trinajstić information content (AvgIpc) is 2.60. The van der Waals surface area contributed by atoms with Crippen LogP contribution in [-0.2, 0) is 12.8 Å². The smallest absolute Gasteiger partial charge is 0.264 e. The molecule has 1 saturated carbocycles. The highest BCUT2D eigenvalue weighted by atomic mass is 35.5. The molecule has 2 fully saturated rings. The summed E-state index contributed by atoms with van der Waals surface area (Å²) in [6.07, 6.45) is 7.32. The van der Waals surface area contributed by atoms with Crippen LogP contribution in [0.25, 0.3) is 0 Å². The Morgan fingerprint density at radius 1 is 1.39 bits per heavy atom. The van der Waals surface area contributed by atoms with E-state index in [2.05, 4.69) is 27.2 Å². The summed E-state index contributed by atoms with van der Waals surface area (Å²) in [7, 11) is 0. The van der Waals surface area contributed by atoms with Crippen LogP contribution in [0.15, 0.2) is 29.2 Å². The van der Waals surface area contributed by atoms with Gasteiger partial charge in [-0.25, -0.2) is 5.10 Å². The van der Waals surface area contributed by atoms with Crippen LogP contribution in [0.5, 0.6) is 0 Å². The van der Waals surface area contributed by atoms with Crippen molar-refractivity contribution in [3.8, 4) is 6.07 Å². The monoisotopic (exact) mass is 396 g/mol. The number of rotatable bonds is 6. The summed E-state index contributed by atoms with van der Waals surface area (Å²) in [5.74, 6) is 0.718. The number of likely N-dealkylation sites (tertiary alicyclic amines) is 1. The summed E-state index contributed by atoms with van der Waals surface area (Å²) in [6, 6.07) is 7.81. The van der Waals surface area contributed by atoms with Crippen LogP contribution >= 0.6 is 11.6 Å². The number of hydrogen-bond acceptors (Lipinski definition) is 4. The van der Waals surface area contributed by atoms with Crippen molar-refractivity contribution in [1.82, 2.24) is 15.1 Å². The lowest BCUT2D eigenvalue weighted by atomic mass is 9.56. The van der Waals surface area contributed by atoms with Gasteiger partial charge >= 0.3 is 0 Å². The van der Waals surface area contributed by atoms with Gasteiger partial charge in [-0.15, -0.1) is 0 Å². The number of aryl methyl sites for hydroxylation is 1. The second-order valence-electron chi connectivity index (χ2n) is 8.56. The van der Waals surface area contributed by atoms with Gasteiger partial charge in [0.25, 0.3) is 5.56 Å². The maximum atomic E-state index is 11.3. The Balaban J connectivity index is 1.21. The van der Waals surface area contributed by atoms with Crippen LogP contribution in [0, 0.1) is 29.6 Å². The molecule has 2 aromatic rings. The largest absolute Gasteiger partial charge is 0.302 e. The van der Waals surface area contributed by atoms with Crippen LogP contribution in [-0.4, -0.2) is 34.7 Å². The predicted octanol–water partition coefficient (Wildman–Crippen LogP) is 3.49. The van der Waals surface area contributed by atoms with Crippen molar-refractivity contribution in [2.45, 2.75) is 39.0 Å². The standard InChI is InChI=1S/C22H25ClN4O/c1-15-18(4-5-20(23)19(15)11-24)7-17-9-22(10-17)13-27(14-22)6-2-3-16-8-21(28)26-25-12-16/h4-5,8,12,17H,2-3,6-7,9-10,13-14H2,1H3,(H,26,28). The van der Waals surface area contributed by atoms with Crippen LogP contribution in [0.1, 0.15) is 41.5 Å². The van der Waals surface area contributed by atoms with E-state index in [1.54, 1.807) is 12.3 Å². The number of aromatic nitrogens is 2. The molecule has 0 bridgehead atoms. The second-order valence-corrected chi connectivity index (χ2v) is 8.97. The van der Waals surface area contributed by atoms with Crippen molar-refractivity contribution >= 4 is 11.6 Å². The molecule has 146 valence electrons. The SMILES string of the molecule is Cc1c(CC2CC3(C2)CN(CCCc2cn[nH]c(=O)c2)C3)ccc(Cl)c1C#N. The number of benzene rings is 1. The van der Waals surface area contributed by atoms with Crippen molar-refractivity contribution in [1.29, 1.82) is 5.26 Å². The molecule has 4 rings (SSSR count). The van der Waals surface area contributed by atoms with Crippen molar-refractivity contribution in [2.24, 2.45) is 11.3 Å². The van der Waals surface area contributed by atoms with Crippen molar-refractivity contribution in [3.63, 3.8) is 0 Å². The summed E-state index contributed by atoms with van der Waals surface area (Å²) in [4.78, 5) is 13.8. The number of nitrogens with zero attached hydrogens (tertiary/aromatic N) is 3. The molecule has 1 aromatic heterocycles. The zero-order valence-electron chi connectivity index (χ0n) is 16.2. The van der Waals surface area contributed by atoms with Crippen LogP contribution in [0.2, 0.25) is 5.02 Å². The van der Waals surface area contributed by atoms with Crippen molar-refractivity contribution < 1.29 is 0 Å². The summed E-state index contributed by atoms with van der Waals surface area (Å²) in [6.45, 7) is 5.48. The molecule has 5 nitrogen and oxygen atoms in total. The maximum Gasteiger partial charge on any atom is 0.264 e. The molecule has 6 heteroatoms. The van der Waals surface area contributed by atoms with E-state index in [1.807, 2.05) is 13.0 Å². The summed E-state index contributed by atoms with van der Waals surface area (Å²) < 4.78 is 0. The average molecular weight is 397 g/mol. The Morgan fingerprint density at radius 2 is 2.18 bits per heavy atom. The molecular weight excluding hydrogens is 372 g/mol. The normalized spacial score (nSPS) is 18.5. The highest BCUT2D eigenvalue weighted by Gasteiger charge is 2.51. The van der Waals surface area contributed by atoms with Gasteiger partial charge in [-0.1, -0.05) is 17.7 Å². The third kappa shape index (κ3) is 3.85. The minimum atomic E-state index is -0.126. The first-order valence-corrected chi connectivity index (χ1v) is 10.3. The van der Waals surface area contributed by atoms with E-state index in [9.17, 15) is 10.1 Å². The fourth-order valence-corrected chi connectivity index (χ4v) is 5.33. The number of halogens is 1. The van der Waals surface area contributed by atoms with Gasteiger partial charge in [-0.2, -0.15) is 10.4 Å². The van der Waals surface area contributed by atoms with Crippen LogP contribution < -0.4 is 5.56 Å². The number of H-pyrrole nitrogens is 1. The molecule has 28 heavy (non-hydrogen) atoms. The Bertz CT molecular complexity index is 963. The lowest BCUT2D eigenvalue weighted by Crippen LogP contribution is -2.62. The quantitative estimate of drug-likeness (QED) is 0.811. The molecule has 1 spiro atoms. The first-order valence-electron chi connectivity index (χ1n) is 9.92. The fraction of sp³-hybridized carbons (Fsp3) is 0.500. The molecule has 1 N–H and O–H groups in total. The van der Waals surface area contributed by atoms with Gasteiger partial charge in [0.2, 0.25) is 0 Å². The highest BCUT2D eigenvalue weighted by molar-refractivity contribution is 6.31.